The molecule has 0 amide bonds. The molecule has 1 aliphatic carbocycles. The van der Waals surface area contributed by atoms with Crippen molar-refractivity contribution in [2.75, 3.05) is 0 Å². The van der Waals surface area contributed by atoms with E-state index >= 15 is 0 Å². The molecule has 3 aromatic rings. The molecule has 0 saturated heterocycles. The van der Waals surface area contributed by atoms with Crippen molar-refractivity contribution in [3.05, 3.63) is 69.7 Å². The second-order valence-electron chi connectivity index (χ2n) is 7.02. The lowest BCUT2D eigenvalue weighted by atomic mass is 9.94. The van der Waals surface area contributed by atoms with E-state index in [1.807, 2.05) is 18.2 Å². The van der Waals surface area contributed by atoms with Crippen molar-refractivity contribution < 1.29 is 4.39 Å². The summed E-state index contributed by atoms with van der Waals surface area (Å²) >= 11 is 12.4. The monoisotopic (exact) mass is 389 g/mol. The molecule has 1 heterocycles. The Hall–Kier alpha value is -1.91. The van der Waals surface area contributed by atoms with E-state index in [2.05, 4.69) is 28.6 Å². The Morgan fingerprint density at radius 3 is 2.31 bits per heavy atom. The molecule has 6 heteroatoms. The first kappa shape index (κ1) is 17.5. The van der Waals surface area contributed by atoms with Crippen LogP contribution in [-0.2, 0) is 5.41 Å². The van der Waals surface area contributed by atoms with Crippen molar-refractivity contribution in [3.8, 4) is 11.4 Å². The fourth-order valence-corrected chi connectivity index (χ4v) is 3.99. The molecule has 0 N–H and O–H groups in total. The van der Waals surface area contributed by atoms with Crippen LogP contribution < -0.4 is 0 Å². The van der Waals surface area contributed by atoms with Crippen molar-refractivity contribution >= 4 is 23.2 Å². The Bertz CT molecular complexity index is 960. The molecular formula is C20H18Cl2FN3. The normalized spacial score (nSPS) is 15.5. The molecule has 1 fully saturated rings. The number of rotatable bonds is 4. The Kier molecular flexibility index (Phi) is 4.28. The maximum absolute atomic E-state index is 13.3. The van der Waals surface area contributed by atoms with Gasteiger partial charge in [-0.25, -0.2) is 4.39 Å². The predicted octanol–water partition coefficient (Wildman–Crippen LogP) is 6.05. The van der Waals surface area contributed by atoms with Crippen LogP contribution in [-0.4, -0.2) is 14.8 Å². The molecule has 0 radical (unpaired) electrons. The Labute approximate surface area is 161 Å². The third kappa shape index (κ3) is 2.81. The van der Waals surface area contributed by atoms with Gasteiger partial charge in [0.05, 0.1) is 10.4 Å². The third-order valence-electron chi connectivity index (χ3n) is 4.96. The zero-order valence-corrected chi connectivity index (χ0v) is 16.0. The van der Waals surface area contributed by atoms with Crippen molar-refractivity contribution in [1.29, 1.82) is 0 Å². The van der Waals surface area contributed by atoms with Crippen LogP contribution in [0.15, 0.2) is 42.5 Å². The van der Waals surface area contributed by atoms with E-state index in [0.717, 1.165) is 35.6 Å². The van der Waals surface area contributed by atoms with Crippen LogP contribution in [0.5, 0.6) is 0 Å². The minimum absolute atomic E-state index is 0.152. The summed E-state index contributed by atoms with van der Waals surface area (Å²) in [6, 6.07) is 12.2. The average Bonchev–Trinajstić information content (AvgIpc) is 3.27. The van der Waals surface area contributed by atoms with Gasteiger partial charge in [0, 0.05) is 16.6 Å². The van der Waals surface area contributed by atoms with Crippen LogP contribution in [0.3, 0.4) is 0 Å². The molecule has 1 aromatic heterocycles. The van der Waals surface area contributed by atoms with E-state index in [9.17, 15) is 4.39 Å². The number of halogens is 3. The van der Waals surface area contributed by atoms with Gasteiger partial charge in [0.2, 0.25) is 0 Å². The summed E-state index contributed by atoms with van der Waals surface area (Å²) in [5.74, 6) is 1.40. The van der Waals surface area contributed by atoms with Gasteiger partial charge in [0.15, 0.2) is 5.82 Å². The summed E-state index contributed by atoms with van der Waals surface area (Å²) in [5.41, 5.74) is 1.67. The molecular weight excluding hydrogens is 372 g/mol. The summed E-state index contributed by atoms with van der Waals surface area (Å²) in [6.07, 6.45) is 1.94. The van der Waals surface area contributed by atoms with Gasteiger partial charge in [-0.2, -0.15) is 0 Å². The topological polar surface area (TPSA) is 30.7 Å². The SMILES string of the molecule is CC(C)n1c(-c2ccc(Cl)cc2Cl)nnc1C1(c2ccc(F)cc2)CC1. The lowest BCUT2D eigenvalue weighted by Crippen LogP contribution is -2.18. The van der Waals surface area contributed by atoms with E-state index in [1.165, 1.54) is 12.1 Å². The van der Waals surface area contributed by atoms with E-state index in [4.69, 9.17) is 23.2 Å². The molecule has 0 aliphatic heterocycles. The van der Waals surface area contributed by atoms with E-state index in [1.54, 1.807) is 12.1 Å². The first-order valence-corrected chi connectivity index (χ1v) is 9.35. The highest BCUT2D eigenvalue weighted by Gasteiger charge is 2.50. The number of benzene rings is 2. The molecule has 0 unspecified atom stereocenters. The summed E-state index contributed by atoms with van der Waals surface area (Å²) in [4.78, 5) is 0. The quantitative estimate of drug-likeness (QED) is 0.543. The van der Waals surface area contributed by atoms with Gasteiger partial charge in [-0.3, -0.25) is 0 Å². The first-order valence-electron chi connectivity index (χ1n) is 8.59. The molecule has 2 aromatic carbocycles. The summed E-state index contributed by atoms with van der Waals surface area (Å²) in [6.45, 7) is 4.20. The smallest absolute Gasteiger partial charge is 0.165 e. The molecule has 26 heavy (non-hydrogen) atoms. The van der Waals surface area contributed by atoms with E-state index < -0.39 is 0 Å². The van der Waals surface area contributed by atoms with Crippen molar-refractivity contribution in [3.63, 3.8) is 0 Å². The van der Waals surface area contributed by atoms with Crippen molar-refractivity contribution in [1.82, 2.24) is 14.8 Å². The molecule has 4 rings (SSSR count). The highest BCUT2D eigenvalue weighted by atomic mass is 35.5. The second-order valence-corrected chi connectivity index (χ2v) is 7.87. The summed E-state index contributed by atoms with van der Waals surface area (Å²) < 4.78 is 15.5. The van der Waals surface area contributed by atoms with Gasteiger partial charge in [-0.15, -0.1) is 10.2 Å². The fourth-order valence-electron chi connectivity index (χ4n) is 3.50. The second kappa shape index (κ2) is 6.36. The Morgan fingerprint density at radius 1 is 1.04 bits per heavy atom. The van der Waals surface area contributed by atoms with Gasteiger partial charge in [-0.05, 0) is 62.6 Å². The molecule has 0 spiro atoms. The maximum Gasteiger partial charge on any atom is 0.165 e. The zero-order valence-electron chi connectivity index (χ0n) is 14.5. The molecule has 0 bridgehead atoms. The zero-order chi connectivity index (χ0) is 18.5. The van der Waals surface area contributed by atoms with E-state index in [0.29, 0.717) is 10.0 Å². The van der Waals surface area contributed by atoms with Gasteiger partial charge < -0.3 is 4.57 Å². The molecule has 1 saturated carbocycles. The first-order chi connectivity index (χ1) is 12.4. The van der Waals surface area contributed by atoms with Gasteiger partial charge in [0.1, 0.15) is 11.6 Å². The number of hydrogen-bond acceptors (Lipinski definition) is 2. The van der Waals surface area contributed by atoms with Crippen LogP contribution in [0.25, 0.3) is 11.4 Å². The third-order valence-corrected chi connectivity index (χ3v) is 5.51. The Balaban J connectivity index is 1.86. The van der Waals surface area contributed by atoms with Gasteiger partial charge in [-0.1, -0.05) is 35.3 Å². The van der Waals surface area contributed by atoms with Gasteiger partial charge >= 0.3 is 0 Å². The Morgan fingerprint density at radius 2 is 1.73 bits per heavy atom. The molecule has 1 aliphatic rings. The van der Waals surface area contributed by atoms with E-state index in [-0.39, 0.29) is 17.3 Å². The largest absolute Gasteiger partial charge is 0.308 e. The fraction of sp³-hybridized carbons (Fsp3) is 0.300. The average molecular weight is 390 g/mol. The molecule has 134 valence electrons. The highest BCUT2D eigenvalue weighted by Crippen LogP contribution is 2.53. The minimum Gasteiger partial charge on any atom is -0.308 e. The lowest BCUT2D eigenvalue weighted by Gasteiger charge is -2.21. The predicted molar refractivity (Wildman–Crippen MR) is 102 cm³/mol. The molecule has 3 nitrogen and oxygen atoms in total. The number of aromatic nitrogens is 3. The summed E-state index contributed by atoms with van der Waals surface area (Å²) in [7, 11) is 0. The van der Waals surface area contributed by atoms with Crippen LogP contribution in [0.2, 0.25) is 10.0 Å². The van der Waals surface area contributed by atoms with Crippen LogP contribution in [0, 0.1) is 5.82 Å². The lowest BCUT2D eigenvalue weighted by molar-refractivity contribution is 0.547. The van der Waals surface area contributed by atoms with Crippen molar-refractivity contribution in [2.24, 2.45) is 0 Å². The van der Waals surface area contributed by atoms with Crippen LogP contribution in [0.1, 0.15) is 44.1 Å². The maximum atomic E-state index is 13.3. The number of hydrogen-bond donors (Lipinski definition) is 0. The molecule has 0 atom stereocenters. The van der Waals surface area contributed by atoms with Crippen LogP contribution in [0.4, 0.5) is 4.39 Å². The van der Waals surface area contributed by atoms with Crippen molar-refractivity contribution in [2.45, 2.75) is 38.1 Å². The highest BCUT2D eigenvalue weighted by molar-refractivity contribution is 6.36. The number of nitrogens with zero attached hydrogens (tertiary/aromatic N) is 3. The standard InChI is InChI=1S/C20H18Cl2FN3/c1-12(2)26-18(16-8-5-14(21)11-17(16)22)24-25-19(26)20(9-10-20)13-3-6-15(23)7-4-13/h3-8,11-12H,9-10H2,1-2H3. The minimum atomic E-state index is -0.233. The van der Waals surface area contributed by atoms with Gasteiger partial charge in [0.25, 0.3) is 0 Å². The summed E-state index contributed by atoms with van der Waals surface area (Å²) in [5, 5.41) is 10.1. The van der Waals surface area contributed by atoms with Crippen LogP contribution >= 0.6 is 23.2 Å².